The monoisotopic (exact) mass is 419 g/mol. The second-order valence-electron chi connectivity index (χ2n) is 6.56. The van der Waals surface area contributed by atoms with Crippen molar-refractivity contribution >= 4 is 29.7 Å². The molecule has 0 spiro atoms. The fraction of sp³-hybridized carbons (Fsp3) is 0.706. The number of rotatable bonds is 18. The minimum absolute atomic E-state index is 0.0236. The molecule has 0 aliphatic heterocycles. The first-order valence-corrected chi connectivity index (χ1v) is 9.09. The fourth-order valence-electron chi connectivity index (χ4n) is 2.64. The predicted molar refractivity (Wildman–Crippen MR) is 99.8 cm³/mol. The van der Waals surface area contributed by atoms with E-state index in [9.17, 15) is 24.0 Å². The predicted octanol–water partition coefficient (Wildman–Crippen LogP) is -1.40. The summed E-state index contributed by atoms with van der Waals surface area (Å²) in [7, 11) is 0. The molecular weight excluding hydrogens is 390 g/mol. The molecule has 0 radical (unpaired) electrons. The van der Waals surface area contributed by atoms with Gasteiger partial charge in [0.1, 0.15) is 5.78 Å². The summed E-state index contributed by atoms with van der Waals surface area (Å²) in [5.41, 5.74) is 0. The van der Waals surface area contributed by atoms with Gasteiger partial charge in [-0.2, -0.15) is 0 Å². The Hall–Kier alpha value is -2.57. The topological polar surface area (TPSA) is 176 Å². The van der Waals surface area contributed by atoms with E-state index in [0.29, 0.717) is 12.8 Å². The zero-order valence-electron chi connectivity index (χ0n) is 16.4. The van der Waals surface area contributed by atoms with Crippen LogP contribution in [0.3, 0.4) is 0 Å². The Balaban J connectivity index is 5.02. The average molecular weight is 419 g/mol. The maximum atomic E-state index is 12.0. The van der Waals surface area contributed by atoms with Gasteiger partial charge in [-0.05, 0) is 6.42 Å². The smallest absolute Gasteiger partial charge is 0.317 e. The van der Waals surface area contributed by atoms with Crippen LogP contribution in [0.2, 0.25) is 0 Å². The molecule has 0 unspecified atom stereocenters. The first-order valence-electron chi connectivity index (χ1n) is 9.09. The molecule has 166 valence electrons. The lowest BCUT2D eigenvalue weighted by Gasteiger charge is -2.28. The molecule has 29 heavy (non-hydrogen) atoms. The van der Waals surface area contributed by atoms with Crippen molar-refractivity contribution in [2.75, 3.05) is 58.9 Å². The van der Waals surface area contributed by atoms with Crippen LogP contribution in [-0.4, -0.2) is 124 Å². The molecule has 12 heteroatoms. The average Bonchev–Trinajstić information content (AvgIpc) is 2.54. The largest absolute Gasteiger partial charge is 0.480 e. The molecule has 0 atom stereocenters. The minimum atomic E-state index is -1.19. The number of Topliss-reactive ketones (excluding diaryl/α,β-unsaturated/α-hetero) is 1. The molecule has 0 heterocycles. The molecule has 0 aliphatic rings. The summed E-state index contributed by atoms with van der Waals surface area (Å²) in [5.74, 6) is -4.82. The Kier molecular flexibility index (Phi) is 13.2. The summed E-state index contributed by atoms with van der Waals surface area (Å²) in [6, 6.07) is 0. The number of carbonyl (C=O) groups excluding carboxylic acids is 1. The van der Waals surface area contributed by atoms with Gasteiger partial charge in [0.25, 0.3) is 0 Å². The van der Waals surface area contributed by atoms with Gasteiger partial charge in [0.05, 0.1) is 32.7 Å². The number of carbonyl (C=O) groups is 5. The summed E-state index contributed by atoms with van der Waals surface area (Å²) in [6.45, 7) is 0.418. The number of hydrogen-bond acceptors (Lipinski definition) is 8. The highest BCUT2D eigenvalue weighted by molar-refractivity contribution is 5.80. The second kappa shape index (κ2) is 14.4. The summed E-state index contributed by atoms with van der Waals surface area (Å²) in [6.07, 6.45) is 0.972. The van der Waals surface area contributed by atoms with Crippen LogP contribution in [-0.2, 0) is 24.0 Å². The van der Waals surface area contributed by atoms with Crippen molar-refractivity contribution in [3.05, 3.63) is 0 Å². The first-order chi connectivity index (χ1) is 13.5. The molecule has 0 aliphatic carbocycles. The second-order valence-corrected chi connectivity index (χ2v) is 6.56. The first kappa shape index (κ1) is 26.4. The lowest BCUT2D eigenvalue weighted by Crippen LogP contribution is -2.45. The summed E-state index contributed by atoms with van der Waals surface area (Å²) in [4.78, 5) is 59.7. The van der Waals surface area contributed by atoms with Gasteiger partial charge in [-0.3, -0.25) is 38.7 Å². The molecule has 0 aromatic carbocycles. The third-order valence-corrected chi connectivity index (χ3v) is 3.83. The van der Waals surface area contributed by atoms with E-state index < -0.39 is 50.1 Å². The van der Waals surface area contributed by atoms with Crippen molar-refractivity contribution in [2.24, 2.45) is 0 Å². The van der Waals surface area contributed by atoms with Crippen LogP contribution >= 0.6 is 0 Å². The molecule has 0 aromatic rings. The normalized spacial score (nSPS) is 11.2. The lowest BCUT2D eigenvalue weighted by atomic mass is 10.2. The lowest BCUT2D eigenvalue weighted by molar-refractivity contribution is -0.143. The van der Waals surface area contributed by atoms with Crippen LogP contribution in [0.4, 0.5) is 0 Å². The molecule has 0 fully saturated rings. The number of hydrogen-bond donors (Lipinski definition) is 4. The molecule has 0 bridgehead atoms. The van der Waals surface area contributed by atoms with Crippen molar-refractivity contribution in [1.82, 2.24) is 14.7 Å². The Labute approximate surface area is 168 Å². The fourth-order valence-corrected chi connectivity index (χ4v) is 2.64. The summed E-state index contributed by atoms with van der Waals surface area (Å²) < 4.78 is 0. The van der Waals surface area contributed by atoms with E-state index >= 15 is 0 Å². The van der Waals surface area contributed by atoms with E-state index in [1.807, 2.05) is 6.92 Å². The molecule has 0 saturated heterocycles. The molecule has 0 saturated carbocycles. The van der Waals surface area contributed by atoms with Gasteiger partial charge in [-0.15, -0.1) is 0 Å². The van der Waals surface area contributed by atoms with Gasteiger partial charge in [0.2, 0.25) is 0 Å². The Morgan fingerprint density at radius 3 is 1.14 bits per heavy atom. The van der Waals surface area contributed by atoms with Crippen molar-refractivity contribution < 1.29 is 44.4 Å². The molecule has 0 amide bonds. The zero-order valence-corrected chi connectivity index (χ0v) is 16.4. The highest BCUT2D eigenvalue weighted by Crippen LogP contribution is 1.99. The van der Waals surface area contributed by atoms with Crippen LogP contribution < -0.4 is 0 Å². The molecule has 0 aromatic heterocycles. The Bertz CT molecular complexity index is 510. The maximum Gasteiger partial charge on any atom is 0.317 e. The van der Waals surface area contributed by atoms with Crippen LogP contribution in [0.1, 0.15) is 19.8 Å². The van der Waals surface area contributed by atoms with Crippen LogP contribution in [0.25, 0.3) is 0 Å². The van der Waals surface area contributed by atoms with E-state index in [-0.39, 0.29) is 38.5 Å². The number of nitrogens with zero attached hydrogens (tertiary/aromatic N) is 3. The van der Waals surface area contributed by atoms with Gasteiger partial charge in [0, 0.05) is 32.6 Å². The van der Waals surface area contributed by atoms with Gasteiger partial charge < -0.3 is 20.4 Å². The van der Waals surface area contributed by atoms with Crippen LogP contribution in [0.15, 0.2) is 0 Å². The Morgan fingerprint density at radius 2 is 0.862 bits per heavy atom. The molecule has 12 nitrogen and oxygen atoms in total. The number of carboxylic acids is 4. The standard InChI is InChI=1S/C17H29N3O9/c1-2-3-13(21)8-18(4-6-19(9-14(22)23)10-15(24)25)5-7-20(11-16(26)27)12-17(28)29/h2-12H2,1H3,(H,22,23)(H,24,25)(H,26,27)(H,28,29). The van der Waals surface area contributed by atoms with E-state index in [4.69, 9.17) is 20.4 Å². The van der Waals surface area contributed by atoms with E-state index in [2.05, 4.69) is 0 Å². The van der Waals surface area contributed by atoms with Crippen molar-refractivity contribution in [3.8, 4) is 0 Å². The van der Waals surface area contributed by atoms with Crippen molar-refractivity contribution in [1.29, 1.82) is 0 Å². The molecule has 0 rings (SSSR count). The van der Waals surface area contributed by atoms with E-state index in [1.165, 1.54) is 9.80 Å². The highest BCUT2D eigenvalue weighted by Gasteiger charge is 2.19. The minimum Gasteiger partial charge on any atom is -0.480 e. The maximum absolute atomic E-state index is 12.0. The van der Waals surface area contributed by atoms with Gasteiger partial charge in [-0.25, -0.2) is 0 Å². The van der Waals surface area contributed by atoms with Gasteiger partial charge in [0.15, 0.2) is 0 Å². The number of aliphatic carboxylic acids is 4. The zero-order chi connectivity index (χ0) is 22.4. The van der Waals surface area contributed by atoms with Crippen LogP contribution in [0.5, 0.6) is 0 Å². The summed E-state index contributed by atoms with van der Waals surface area (Å²) >= 11 is 0. The summed E-state index contributed by atoms with van der Waals surface area (Å²) in [5, 5.41) is 35.6. The third kappa shape index (κ3) is 15.1. The SMILES string of the molecule is CCCC(=O)CN(CCN(CC(=O)O)CC(=O)O)CCN(CC(=O)O)CC(=O)O. The van der Waals surface area contributed by atoms with Crippen molar-refractivity contribution in [3.63, 3.8) is 0 Å². The number of carboxylic acid groups (broad SMARTS) is 4. The molecule has 4 N–H and O–H groups in total. The molecular formula is C17H29N3O9. The quantitative estimate of drug-likeness (QED) is 0.205. The van der Waals surface area contributed by atoms with Gasteiger partial charge >= 0.3 is 23.9 Å². The van der Waals surface area contributed by atoms with E-state index in [1.54, 1.807) is 4.90 Å². The van der Waals surface area contributed by atoms with E-state index in [0.717, 1.165) is 0 Å². The van der Waals surface area contributed by atoms with Gasteiger partial charge in [-0.1, -0.05) is 6.92 Å². The van der Waals surface area contributed by atoms with Crippen LogP contribution in [0, 0.1) is 0 Å². The highest BCUT2D eigenvalue weighted by atomic mass is 16.4. The Morgan fingerprint density at radius 1 is 0.552 bits per heavy atom. The third-order valence-electron chi connectivity index (χ3n) is 3.83. The van der Waals surface area contributed by atoms with Crippen molar-refractivity contribution in [2.45, 2.75) is 19.8 Å². The number of ketones is 1.